The largest absolute Gasteiger partial charge is 0.376 e. The molecule has 32 heavy (non-hydrogen) atoms. The molecule has 1 atom stereocenters. The van der Waals surface area contributed by atoms with Crippen LogP contribution in [-0.2, 0) is 11.3 Å². The highest BCUT2D eigenvalue weighted by Gasteiger charge is 2.26. The Hall–Kier alpha value is -3.71. The van der Waals surface area contributed by atoms with Crippen LogP contribution in [0.3, 0.4) is 0 Å². The van der Waals surface area contributed by atoms with Gasteiger partial charge >= 0.3 is 0 Å². The summed E-state index contributed by atoms with van der Waals surface area (Å²) in [6.45, 7) is 3.26. The number of aryl methyl sites for hydroxylation is 1. The molecule has 7 nitrogen and oxygen atoms in total. The second-order valence-corrected chi connectivity index (χ2v) is 8.09. The number of nitrogens with one attached hydrogen (secondary N) is 1. The summed E-state index contributed by atoms with van der Waals surface area (Å²) in [5.74, 6) is -0.302. The standard InChI is InChI=1S/C25H24N4O3/c1-17-8-5-6-12-22(17)26-24(30)20-15-28(14-19-11-7-13-32-19)16-21-23(20)27-29(25(21)31)18-9-3-2-4-10-18/h2-6,8-10,12,15-16,19H,7,11,13-14H2,1H3,(H,26,30)/t19-/m1/s1. The van der Waals surface area contributed by atoms with Crippen LogP contribution >= 0.6 is 0 Å². The van der Waals surface area contributed by atoms with E-state index in [1.807, 2.05) is 66.1 Å². The van der Waals surface area contributed by atoms with E-state index < -0.39 is 0 Å². The number of rotatable bonds is 5. The molecule has 0 unspecified atom stereocenters. The van der Waals surface area contributed by atoms with Gasteiger partial charge in [-0.05, 0) is 43.5 Å². The Kier molecular flexibility index (Phi) is 5.33. The molecule has 162 valence electrons. The van der Waals surface area contributed by atoms with Crippen molar-refractivity contribution in [1.82, 2.24) is 14.3 Å². The zero-order valence-corrected chi connectivity index (χ0v) is 17.8. The summed E-state index contributed by atoms with van der Waals surface area (Å²) in [6, 6.07) is 16.8. The molecule has 1 fully saturated rings. The van der Waals surface area contributed by atoms with Crippen LogP contribution in [-0.4, -0.2) is 33.0 Å². The number of para-hydroxylation sites is 2. The predicted octanol–water partition coefficient (Wildman–Crippen LogP) is 3.88. The van der Waals surface area contributed by atoms with Crippen LogP contribution in [0.15, 0.2) is 71.8 Å². The lowest BCUT2D eigenvalue weighted by molar-refractivity contribution is 0.0961. The third-order valence-electron chi connectivity index (χ3n) is 5.80. The van der Waals surface area contributed by atoms with Crippen LogP contribution in [0, 0.1) is 6.92 Å². The normalized spacial score (nSPS) is 15.8. The zero-order valence-electron chi connectivity index (χ0n) is 17.8. The summed E-state index contributed by atoms with van der Waals surface area (Å²) < 4.78 is 9.00. The molecule has 7 heteroatoms. The van der Waals surface area contributed by atoms with Crippen LogP contribution in [0.1, 0.15) is 28.8 Å². The lowest BCUT2D eigenvalue weighted by Gasteiger charge is -2.16. The summed E-state index contributed by atoms with van der Waals surface area (Å²) in [5.41, 5.74) is 3.24. The van der Waals surface area contributed by atoms with Crippen LogP contribution in [0.2, 0.25) is 0 Å². The van der Waals surface area contributed by atoms with E-state index in [-0.39, 0.29) is 17.6 Å². The van der Waals surface area contributed by atoms with Crippen molar-refractivity contribution in [1.29, 1.82) is 0 Å². The van der Waals surface area contributed by atoms with Crippen molar-refractivity contribution in [2.24, 2.45) is 0 Å². The van der Waals surface area contributed by atoms with E-state index in [1.165, 1.54) is 4.68 Å². The van der Waals surface area contributed by atoms with Gasteiger partial charge in [-0.2, -0.15) is 9.78 Å². The number of ether oxygens (including phenoxy) is 1. The van der Waals surface area contributed by atoms with E-state index in [0.717, 1.165) is 30.7 Å². The Bertz CT molecular complexity index is 1290. The molecule has 3 heterocycles. The minimum Gasteiger partial charge on any atom is -0.376 e. The number of anilines is 1. The molecule has 5 rings (SSSR count). The second-order valence-electron chi connectivity index (χ2n) is 8.09. The Morgan fingerprint density at radius 2 is 1.91 bits per heavy atom. The van der Waals surface area contributed by atoms with E-state index in [4.69, 9.17) is 4.74 Å². The third kappa shape index (κ3) is 3.83. The first-order valence-corrected chi connectivity index (χ1v) is 10.8. The number of hydrogen-bond acceptors (Lipinski definition) is 4. The van der Waals surface area contributed by atoms with Crippen molar-refractivity contribution in [2.45, 2.75) is 32.4 Å². The van der Waals surface area contributed by atoms with Gasteiger partial charge in [0.25, 0.3) is 11.5 Å². The van der Waals surface area contributed by atoms with E-state index in [1.54, 1.807) is 12.4 Å². The molecule has 1 amide bonds. The van der Waals surface area contributed by atoms with E-state index in [0.29, 0.717) is 29.1 Å². The zero-order chi connectivity index (χ0) is 22.1. The van der Waals surface area contributed by atoms with Gasteiger partial charge in [-0.15, -0.1) is 0 Å². The van der Waals surface area contributed by atoms with Gasteiger partial charge in [-0.25, -0.2) is 0 Å². The van der Waals surface area contributed by atoms with Gasteiger partial charge in [-0.3, -0.25) is 9.59 Å². The number of aromatic nitrogens is 3. The molecule has 0 aromatic heterocycles. The summed E-state index contributed by atoms with van der Waals surface area (Å²) in [6.07, 6.45) is 5.59. The SMILES string of the molecule is Cc1ccccc1NC(=O)c1cn(C[C@H]2CCCO2)cc2c(=O)n(-c3ccccc3)nc1-2. The average molecular weight is 428 g/mol. The fourth-order valence-corrected chi connectivity index (χ4v) is 4.10. The lowest BCUT2D eigenvalue weighted by atomic mass is 10.1. The third-order valence-corrected chi connectivity index (χ3v) is 5.80. The van der Waals surface area contributed by atoms with Gasteiger partial charge in [-0.1, -0.05) is 36.4 Å². The molecule has 2 aromatic rings. The first-order valence-electron chi connectivity index (χ1n) is 10.8. The Morgan fingerprint density at radius 1 is 1.12 bits per heavy atom. The highest BCUT2D eigenvalue weighted by atomic mass is 16.5. The fourth-order valence-electron chi connectivity index (χ4n) is 4.10. The number of hydrogen-bond donors (Lipinski definition) is 1. The average Bonchev–Trinajstić information content (AvgIpc) is 3.43. The Morgan fingerprint density at radius 3 is 2.66 bits per heavy atom. The highest BCUT2D eigenvalue weighted by Crippen LogP contribution is 2.25. The molecular weight excluding hydrogens is 404 g/mol. The predicted molar refractivity (Wildman–Crippen MR) is 123 cm³/mol. The van der Waals surface area contributed by atoms with Crippen molar-refractivity contribution >= 4 is 11.6 Å². The number of nitrogens with zero attached hydrogens (tertiary/aromatic N) is 3. The maximum Gasteiger partial charge on any atom is 0.282 e. The fraction of sp³-hybridized carbons (Fsp3) is 0.240. The van der Waals surface area contributed by atoms with Gasteiger partial charge in [0, 0.05) is 31.2 Å². The number of carbonyl (C=O) groups excluding carboxylic acids is 1. The van der Waals surface area contributed by atoms with E-state index in [9.17, 15) is 9.59 Å². The lowest BCUT2D eigenvalue weighted by Crippen LogP contribution is -2.21. The molecule has 1 N–H and O–H groups in total. The van der Waals surface area contributed by atoms with Crippen LogP contribution in [0.5, 0.6) is 0 Å². The molecule has 2 aromatic carbocycles. The van der Waals surface area contributed by atoms with Gasteiger partial charge < -0.3 is 14.6 Å². The quantitative estimate of drug-likeness (QED) is 0.523. The molecule has 0 saturated carbocycles. The van der Waals surface area contributed by atoms with Gasteiger partial charge in [0.2, 0.25) is 0 Å². The molecule has 3 aliphatic heterocycles. The minimum absolute atomic E-state index is 0.0731. The Labute approximate surface area is 185 Å². The van der Waals surface area contributed by atoms with E-state index >= 15 is 0 Å². The topological polar surface area (TPSA) is 78.2 Å². The molecule has 0 radical (unpaired) electrons. The molecule has 0 bridgehead atoms. The number of carbonyl (C=O) groups is 1. The molecule has 1 saturated heterocycles. The summed E-state index contributed by atoms with van der Waals surface area (Å²) in [7, 11) is 0. The van der Waals surface area contributed by atoms with Gasteiger partial charge in [0.05, 0.1) is 22.9 Å². The molecule has 0 spiro atoms. The highest BCUT2D eigenvalue weighted by molar-refractivity contribution is 6.08. The van der Waals surface area contributed by atoms with Crippen LogP contribution in [0.25, 0.3) is 16.9 Å². The minimum atomic E-state index is -0.302. The number of pyridine rings is 1. The van der Waals surface area contributed by atoms with Crippen molar-refractivity contribution < 1.29 is 9.53 Å². The summed E-state index contributed by atoms with van der Waals surface area (Å²) in [5, 5.41) is 7.51. The molecule has 0 aliphatic carbocycles. The second kappa shape index (κ2) is 8.43. The monoisotopic (exact) mass is 428 g/mol. The van der Waals surface area contributed by atoms with Crippen molar-refractivity contribution in [2.75, 3.05) is 11.9 Å². The van der Waals surface area contributed by atoms with E-state index in [2.05, 4.69) is 10.4 Å². The smallest absolute Gasteiger partial charge is 0.282 e. The maximum atomic E-state index is 13.3. The van der Waals surface area contributed by atoms with Gasteiger partial charge in [0.1, 0.15) is 5.69 Å². The number of benzene rings is 2. The van der Waals surface area contributed by atoms with Gasteiger partial charge in [0.15, 0.2) is 0 Å². The summed E-state index contributed by atoms with van der Waals surface area (Å²) in [4.78, 5) is 26.5. The summed E-state index contributed by atoms with van der Waals surface area (Å²) >= 11 is 0. The van der Waals surface area contributed by atoms with Crippen LogP contribution < -0.4 is 10.9 Å². The first kappa shape index (κ1) is 20.2. The van der Waals surface area contributed by atoms with Crippen LogP contribution in [0.4, 0.5) is 5.69 Å². The first-order chi connectivity index (χ1) is 15.6. The Balaban J connectivity index is 1.61. The molecular formula is C25H24N4O3. The van der Waals surface area contributed by atoms with Crippen molar-refractivity contribution in [3.8, 4) is 16.9 Å². The number of amides is 1. The number of fused-ring (bicyclic) bond motifs is 1. The molecule has 3 aliphatic rings. The maximum absolute atomic E-state index is 13.3. The van der Waals surface area contributed by atoms with Crippen molar-refractivity contribution in [3.05, 3.63) is 88.5 Å². The van der Waals surface area contributed by atoms with Crippen molar-refractivity contribution in [3.63, 3.8) is 0 Å².